The van der Waals surface area contributed by atoms with Crippen molar-refractivity contribution in [1.82, 2.24) is 0 Å². The quantitative estimate of drug-likeness (QED) is 0.182. The molecule has 1 aromatic carbocycles. The molecule has 0 aliphatic carbocycles. The molecule has 0 aromatic heterocycles. The molecule has 1 unspecified atom stereocenters. The van der Waals surface area contributed by atoms with Gasteiger partial charge in [0, 0.05) is 11.5 Å². The number of hydrogen-bond donors (Lipinski definition) is 2. The van der Waals surface area contributed by atoms with Crippen molar-refractivity contribution in [2.45, 2.75) is 58.4 Å². The van der Waals surface area contributed by atoms with Gasteiger partial charge in [0.25, 0.3) is 0 Å². The zero-order chi connectivity index (χ0) is 17.7. The summed E-state index contributed by atoms with van der Waals surface area (Å²) in [5, 5.41) is 12.1. The zero-order valence-electron chi connectivity index (χ0n) is 15.1. The van der Waals surface area contributed by atoms with Gasteiger partial charge in [-0.25, -0.2) is 0 Å². The van der Waals surface area contributed by atoms with Crippen LogP contribution in [-0.2, 0) is 0 Å². The van der Waals surface area contributed by atoms with Crippen molar-refractivity contribution in [2.75, 3.05) is 0 Å². The minimum Gasteiger partial charge on any atom is -0.411 e. The van der Waals surface area contributed by atoms with Gasteiger partial charge in [0.05, 0.1) is 6.21 Å². The summed E-state index contributed by atoms with van der Waals surface area (Å²) >= 11 is 0. The number of rotatable bonds is 11. The maximum atomic E-state index is 8.82. The van der Waals surface area contributed by atoms with Crippen molar-refractivity contribution in [3.05, 3.63) is 60.2 Å². The second-order valence-corrected chi connectivity index (χ2v) is 6.29. The third kappa shape index (κ3) is 7.14. The molecule has 0 spiro atoms. The summed E-state index contributed by atoms with van der Waals surface area (Å²) in [7, 11) is 0. The highest BCUT2D eigenvalue weighted by Crippen LogP contribution is 2.28. The third-order valence-electron chi connectivity index (χ3n) is 4.72. The summed E-state index contributed by atoms with van der Waals surface area (Å²) < 4.78 is 0. The second kappa shape index (κ2) is 11.6. The average molecular weight is 328 g/mol. The Bertz CT molecular complexity index is 516. The molecule has 3 N–H and O–H groups in total. The van der Waals surface area contributed by atoms with Crippen LogP contribution < -0.4 is 5.73 Å². The van der Waals surface area contributed by atoms with Gasteiger partial charge in [-0.1, -0.05) is 68.5 Å². The molecule has 0 aliphatic heterocycles. The van der Waals surface area contributed by atoms with E-state index >= 15 is 0 Å². The van der Waals surface area contributed by atoms with Crippen LogP contribution in [0, 0.1) is 5.41 Å². The first-order valence-corrected chi connectivity index (χ1v) is 8.96. The molecule has 0 saturated heterocycles. The highest BCUT2D eigenvalue weighted by Gasteiger charge is 2.22. The highest BCUT2D eigenvalue weighted by atomic mass is 16.4. The smallest absolute Gasteiger partial charge is 0.0500 e. The molecular weight excluding hydrogens is 296 g/mol. The van der Waals surface area contributed by atoms with Crippen LogP contribution in [-0.4, -0.2) is 11.4 Å². The van der Waals surface area contributed by atoms with Crippen LogP contribution in [0.5, 0.6) is 0 Å². The number of oxime groups is 1. The van der Waals surface area contributed by atoms with Crippen LogP contribution in [0.4, 0.5) is 0 Å². The van der Waals surface area contributed by atoms with Crippen LogP contribution in [0.25, 0.3) is 0 Å². The fourth-order valence-corrected chi connectivity index (χ4v) is 2.72. The van der Waals surface area contributed by atoms with Crippen LogP contribution in [0.2, 0.25) is 0 Å². The molecule has 0 radical (unpaired) electrons. The SMILES string of the molecule is CCC(/C=N/O)(CC)C/C=C/CC/C=C/CC(N)c1ccccc1. The normalized spacial score (nSPS) is 14.1. The Morgan fingerprint density at radius 3 is 2.25 bits per heavy atom. The molecule has 1 rings (SSSR count). The lowest BCUT2D eigenvalue weighted by atomic mass is 9.80. The molecule has 3 nitrogen and oxygen atoms in total. The maximum absolute atomic E-state index is 8.82. The lowest BCUT2D eigenvalue weighted by Gasteiger charge is -2.24. The van der Waals surface area contributed by atoms with E-state index in [1.165, 1.54) is 5.56 Å². The Hall–Kier alpha value is -1.87. The minimum absolute atomic E-state index is 0.0104. The molecular formula is C21H32N2O. The van der Waals surface area contributed by atoms with E-state index in [1.54, 1.807) is 6.21 Å². The summed E-state index contributed by atoms with van der Waals surface area (Å²) in [4.78, 5) is 0. The fraction of sp³-hybridized carbons (Fsp3) is 0.476. The van der Waals surface area contributed by atoms with Gasteiger partial charge in [-0.15, -0.1) is 5.16 Å². The van der Waals surface area contributed by atoms with E-state index < -0.39 is 0 Å². The lowest BCUT2D eigenvalue weighted by Crippen LogP contribution is -2.19. The van der Waals surface area contributed by atoms with Crippen LogP contribution >= 0.6 is 0 Å². The molecule has 132 valence electrons. The predicted octanol–water partition coefficient (Wildman–Crippen LogP) is 5.63. The van der Waals surface area contributed by atoms with E-state index in [4.69, 9.17) is 10.9 Å². The van der Waals surface area contributed by atoms with Crippen LogP contribution in [0.15, 0.2) is 59.8 Å². The number of nitrogens with two attached hydrogens (primary N) is 1. The first-order valence-electron chi connectivity index (χ1n) is 8.96. The van der Waals surface area contributed by atoms with Gasteiger partial charge in [0.2, 0.25) is 0 Å². The van der Waals surface area contributed by atoms with Gasteiger partial charge < -0.3 is 10.9 Å². The predicted molar refractivity (Wildman–Crippen MR) is 103 cm³/mol. The van der Waals surface area contributed by atoms with Crippen molar-refractivity contribution in [3.63, 3.8) is 0 Å². The van der Waals surface area contributed by atoms with Crippen LogP contribution in [0.3, 0.4) is 0 Å². The van der Waals surface area contributed by atoms with E-state index in [9.17, 15) is 0 Å². The third-order valence-corrected chi connectivity index (χ3v) is 4.72. The summed E-state index contributed by atoms with van der Waals surface area (Å²) in [5.41, 5.74) is 7.34. The van der Waals surface area contributed by atoms with E-state index in [-0.39, 0.29) is 11.5 Å². The van der Waals surface area contributed by atoms with E-state index in [0.717, 1.165) is 38.5 Å². The average Bonchev–Trinajstić information content (AvgIpc) is 2.63. The van der Waals surface area contributed by atoms with E-state index in [1.807, 2.05) is 18.2 Å². The second-order valence-electron chi connectivity index (χ2n) is 6.29. The molecule has 0 amide bonds. The first kappa shape index (κ1) is 20.2. The van der Waals surface area contributed by atoms with Crippen molar-refractivity contribution in [1.29, 1.82) is 0 Å². The molecule has 24 heavy (non-hydrogen) atoms. The lowest BCUT2D eigenvalue weighted by molar-refractivity contribution is 0.304. The Labute approximate surface area is 147 Å². The standard InChI is InChI=1S/C21H32N2O/c1-3-21(4-2,18-23-24)17-13-8-6-5-7-12-16-20(22)19-14-10-9-11-15-19/h7-15,18,20,24H,3-6,16-17,22H2,1-2H3/b12-7+,13-8+,23-18+. The Morgan fingerprint density at radius 1 is 1.04 bits per heavy atom. The Balaban J connectivity index is 2.27. The monoisotopic (exact) mass is 328 g/mol. The van der Waals surface area contributed by atoms with Crippen molar-refractivity contribution < 1.29 is 5.21 Å². The largest absolute Gasteiger partial charge is 0.411 e. The molecule has 0 saturated carbocycles. The molecule has 3 heteroatoms. The van der Waals surface area contributed by atoms with Gasteiger partial charge in [-0.3, -0.25) is 0 Å². The molecule has 0 heterocycles. The molecule has 1 atom stereocenters. The summed E-state index contributed by atoms with van der Waals surface area (Å²) in [6, 6.07) is 10.3. The van der Waals surface area contributed by atoms with E-state index in [0.29, 0.717) is 0 Å². The van der Waals surface area contributed by atoms with Crippen molar-refractivity contribution >= 4 is 6.21 Å². The van der Waals surface area contributed by atoms with Crippen molar-refractivity contribution in [2.24, 2.45) is 16.3 Å². The molecule has 0 bridgehead atoms. The number of allylic oxidation sites excluding steroid dienone is 3. The number of unbranched alkanes of at least 4 members (excludes halogenated alkanes) is 1. The fourth-order valence-electron chi connectivity index (χ4n) is 2.72. The van der Waals surface area contributed by atoms with Crippen LogP contribution in [0.1, 0.15) is 64.0 Å². The Morgan fingerprint density at radius 2 is 1.67 bits per heavy atom. The molecule has 1 aromatic rings. The summed E-state index contributed by atoms with van der Waals surface area (Å²) in [5.74, 6) is 0. The minimum atomic E-state index is -0.0104. The van der Waals surface area contributed by atoms with E-state index in [2.05, 4.69) is 55.4 Å². The highest BCUT2D eigenvalue weighted by molar-refractivity contribution is 5.65. The van der Waals surface area contributed by atoms with Gasteiger partial charge in [0.15, 0.2) is 0 Å². The van der Waals surface area contributed by atoms with Gasteiger partial charge in [-0.2, -0.15) is 0 Å². The van der Waals surface area contributed by atoms with Gasteiger partial charge >= 0.3 is 0 Å². The zero-order valence-corrected chi connectivity index (χ0v) is 15.1. The van der Waals surface area contributed by atoms with Gasteiger partial charge in [0.1, 0.15) is 0 Å². The maximum Gasteiger partial charge on any atom is 0.0500 e. The topological polar surface area (TPSA) is 58.6 Å². The number of benzene rings is 1. The summed E-state index contributed by atoms with van der Waals surface area (Å²) in [6.45, 7) is 4.27. The molecule has 0 aliphatic rings. The first-order chi connectivity index (χ1) is 11.7. The number of nitrogens with zero attached hydrogens (tertiary/aromatic N) is 1. The van der Waals surface area contributed by atoms with Crippen molar-refractivity contribution in [3.8, 4) is 0 Å². The molecule has 0 fully saturated rings. The summed E-state index contributed by atoms with van der Waals surface area (Å²) in [6.07, 6.45) is 16.3. The van der Waals surface area contributed by atoms with Gasteiger partial charge in [-0.05, 0) is 44.1 Å². The Kier molecular flexibility index (Phi) is 9.78. The number of hydrogen-bond acceptors (Lipinski definition) is 3.